The normalized spacial score (nSPS) is 18.1. The van der Waals surface area contributed by atoms with Crippen LogP contribution in [0.2, 0.25) is 0 Å². The molecule has 0 spiro atoms. The van der Waals surface area contributed by atoms with E-state index in [0.717, 1.165) is 38.4 Å². The van der Waals surface area contributed by atoms with Crippen molar-refractivity contribution in [3.8, 4) is 0 Å². The summed E-state index contributed by atoms with van der Waals surface area (Å²) in [5, 5.41) is 3.00. The molecule has 0 unspecified atom stereocenters. The zero-order valence-electron chi connectivity index (χ0n) is 12.1. The minimum atomic E-state index is 0.141. The molecule has 20 heavy (non-hydrogen) atoms. The molecular formula is C16H23NO2S. The third-order valence-corrected chi connectivity index (χ3v) is 4.63. The highest BCUT2D eigenvalue weighted by atomic mass is 32.2. The first-order valence-corrected chi connectivity index (χ1v) is 8.38. The minimum Gasteiger partial charge on any atom is -0.381 e. The number of thioether (sulfide) groups is 1. The zero-order valence-corrected chi connectivity index (χ0v) is 12.9. The number of carbonyl (C=O) groups excluding carboxylic acids is 1. The lowest BCUT2D eigenvalue weighted by Crippen LogP contribution is -2.27. The maximum Gasteiger partial charge on any atom is 0.230 e. The molecule has 1 aromatic carbocycles. The van der Waals surface area contributed by atoms with E-state index in [1.165, 1.54) is 11.1 Å². The molecule has 1 N–H and O–H groups in total. The highest BCUT2D eigenvalue weighted by Gasteiger charge is 2.15. The third-order valence-electron chi connectivity index (χ3n) is 3.65. The predicted octanol–water partition coefficient (Wildman–Crippen LogP) is 2.77. The van der Waals surface area contributed by atoms with Gasteiger partial charge in [0.2, 0.25) is 5.91 Å². The van der Waals surface area contributed by atoms with Crippen LogP contribution in [0.4, 0.5) is 0 Å². The molecule has 1 heterocycles. The number of aryl methyl sites for hydroxylation is 1. The molecule has 4 heteroatoms. The first-order chi connectivity index (χ1) is 9.75. The molecule has 1 saturated heterocycles. The summed E-state index contributed by atoms with van der Waals surface area (Å²) in [6, 6.07) is 8.33. The van der Waals surface area contributed by atoms with Gasteiger partial charge in [-0.2, -0.15) is 0 Å². The van der Waals surface area contributed by atoms with Gasteiger partial charge in [-0.25, -0.2) is 0 Å². The van der Waals surface area contributed by atoms with Crippen molar-refractivity contribution in [2.45, 2.75) is 25.5 Å². The molecule has 1 fully saturated rings. The van der Waals surface area contributed by atoms with Crippen molar-refractivity contribution in [3.63, 3.8) is 0 Å². The molecule has 2 rings (SSSR count). The van der Waals surface area contributed by atoms with Crippen molar-refractivity contribution in [2.24, 2.45) is 5.92 Å². The molecule has 1 aliphatic rings. The Morgan fingerprint density at radius 3 is 3.05 bits per heavy atom. The number of carbonyl (C=O) groups is 1. The van der Waals surface area contributed by atoms with E-state index in [9.17, 15) is 4.79 Å². The van der Waals surface area contributed by atoms with Crippen LogP contribution in [0.25, 0.3) is 0 Å². The van der Waals surface area contributed by atoms with E-state index in [1.807, 2.05) is 12.1 Å². The maximum atomic E-state index is 11.7. The lowest BCUT2D eigenvalue weighted by molar-refractivity contribution is -0.118. The molecule has 0 aromatic heterocycles. The van der Waals surface area contributed by atoms with Crippen LogP contribution in [0.3, 0.4) is 0 Å². The average molecular weight is 293 g/mol. The summed E-state index contributed by atoms with van der Waals surface area (Å²) >= 11 is 1.67. The quantitative estimate of drug-likeness (QED) is 0.840. The Hall–Kier alpha value is -1.00. The lowest BCUT2D eigenvalue weighted by Gasteiger charge is -2.09. The number of hydrogen-bond acceptors (Lipinski definition) is 3. The number of nitrogens with one attached hydrogen (secondary N) is 1. The van der Waals surface area contributed by atoms with Crippen LogP contribution in [0.1, 0.15) is 24.0 Å². The van der Waals surface area contributed by atoms with Crippen molar-refractivity contribution in [1.29, 1.82) is 0 Å². The van der Waals surface area contributed by atoms with E-state index >= 15 is 0 Å². The van der Waals surface area contributed by atoms with Gasteiger partial charge < -0.3 is 10.1 Å². The standard InChI is InChI=1S/C16H23NO2S/c1-13-4-2-3-5-15(13)11-20-12-16(18)17-8-6-14-7-9-19-10-14/h2-5,14H,6-12H2,1H3,(H,17,18)/t14-/m1/s1. The molecule has 0 bridgehead atoms. The molecule has 0 radical (unpaired) electrons. The zero-order chi connectivity index (χ0) is 14.2. The molecular weight excluding hydrogens is 270 g/mol. The highest BCUT2D eigenvalue weighted by Crippen LogP contribution is 2.16. The van der Waals surface area contributed by atoms with E-state index in [2.05, 4.69) is 24.4 Å². The van der Waals surface area contributed by atoms with Gasteiger partial charge in [-0.3, -0.25) is 4.79 Å². The minimum absolute atomic E-state index is 0.141. The topological polar surface area (TPSA) is 38.3 Å². The second-order valence-electron chi connectivity index (χ2n) is 5.29. The first kappa shape index (κ1) is 15.4. The van der Waals surface area contributed by atoms with Crippen molar-refractivity contribution < 1.29 is 9.53 Å². The predicted molar refractivity (Wildman–Crippen MR) is 83.9 cm³/mol. The van der Waals surface area contributed by atoms with Crippen LogP contribution in [-0.2, 0) is 15.3 Å². The van der Waals surface area contributed by atoms with Gasteiger partial charge >= 0.3 is 0 Å². The number of hydrogen-bond donors (Lipinski definition) is 1. The van der Waals surface area contributed by atoms with Crippen LogP contribution < -0.4 is 5.32 Å². The summed E-state index contributed by atoms with van der Waals surface area (Å²) in [7, 11) is 0. The van der Waals surface area contributed by atoms with Gasteiger partial charge in [-0.05, 0) is 36.8 Å². The number of amides is 1. The SMILES string of the molecule is Cc1ccccc1CSCC(=O)NCC[C@@H]1CCOC1. The van der Waals surface area contributed by atoms with Gasteiger partial charge in [0.05, 0.1) is 5.75 Å². The molecule has 110 valence electrons. The van der Waals surface area contributed by atoms with Crippen molar-refractivity contribution in [1.82, 2.24) is 5.32 Å². The van der Waals surface area contributed by atoms with E-state index in [4.69, 9.17) is 4.74 Å². The molecule has 1 aliphatic heterocycles. The summed E-state index contributed by atoms with van der Waals surface area (Å²) < 4.78 is 5.32. The highest BCUT2D eigenvalue weighted by molar-refractivity contribution is 7.99. The fourth-order valence-corrected chi connectivity index (χ4v) is 3.24. The van der Waals surface area contributed by atoms with Crippen LogP contribution in [0.15, 0.2) is 24.3 Å². The summed E-state index contributed by atoms with van der Waals surface area (Å²) in [4.78, 5) is 11.7. The lowest BCUT2D eigenvalue weighted by atomic mass is 10.1. The third kappa shape index (κ3) is 5.17. The van der Waals surface area contributed by atoms with Gasteiger partial charge in [0, 0.05) is 25.5 Å². The Balaban J connectivity index is 1.57. The van der Waals surface area contributed by atoms with E-state index in [0.29, 0.717) is 11.7 Å². The fraction of sp³-hybridized carbons (Fsp3) is 0.562. The van der Waals surface area contributed by atoms with Gasteiger partial charge in [0.1, 0.15) is 0 Å². The fourth-order valence-electron chi connectivity index (χ4n) is 2.30. The molecule has 3 nitrogen and oxygen atoms in total. The number of benzene rings is 1. The van der Waals surface area contributed by atoms with E-state index in [1.54, 1.807) is 11.8 Å². The van der Waals surface area contributed by atoms with Crippen molar-refractivity contribution in [2.75, 3.05) is 25.5 Å². The maximum absolute atomic E-state index is 11.7. The summed E-state index contributed by atoms with van der Waals surface area (Å²) in [6.45, 7) is 4.63. The van der Waals surface area contributed by atoms with Crippen LogP contribution in [-0.4, -0.2) is 31.4 Å². The Morgan fingerprint density at radius 2 is 2.30 bits per heavy atom. The van der Waals surface area contributed by atoms with E-state index in [-0.39, 0.29) is 5.91 Å². The average Bonchev–Trinajstić information content (AvgIpc) is 2.94. The molecule has 1 amide bonds. The second-order valence-corrected chi connectivity index (χ2v) is 6.27. The Bertz CT molecular complexity index is 430. The molecule has 0 saturated carbocycles. The number of rotatable bonds is 7. The van der Waals surface area contributed by atoms with Crippen LogP contribution >= 0.6 is 11.8 Å². The molecule has 0 aliphatic carbocycles. The summed E-state index contributed by atoms with van der Waals surface area (Å²) in [5.74, 6) is 2.21. The van der Waals surface area contributed by atoms with Gasteiger partial charge in [-0.1, -0.05) is 24.3 Å². The second kappa shape index (κ2) is 8.32. The Kier molecular flexibility index (Phi) is 6.40. The van der Waals surface area contributed by atoms with E-state index < -0.39 is 0 Å². The monoisotopic (exact) mass is 293 g/mol. The van der Waals surface area contributed by atoms with Crippen molar-refractivity contribution >= 4 is 17.7 Å². The Labute approximate surface area is 125 Å². The summed E-state index contributed by atoms with van der Waals surface area (Å²) in [5.41, 5.74) is 2.61. The Morgan fingerprint density at radius 1 is 1.45 bits per heavy atom. The number of ether oxygens (including phenoxy) is 1. The van der Waals surface area contributed by atoms with Crippen LogP contribution in [0.5, 0.6) is 0 Å². The largest absolute Gasteiger partial charge is 0.381 e. The molecule has 1 aromatic rings. The van der Waals surface area contributed by atoms with Gasteiger partial charge in [0.25, 0.3) is 0 Å². The molecule has 1 atom stereocenters. The first-order valence-electron chi connectivity index (χ1n) is 7.22. The summed E-state index contributed by atoms with van der Waals surface area (Å²) in [6.07, 6.45) is 2.17. The van der Waals surface area contributed by atoms with Gasteiger partial charge in [0.15, 0.2) is 0 Å². The van der Waals surface area contributed by atoms with Gasteiger partial charge in [-0.15, -0.1) is 11.8 Å². The van der Waals surface area contributed by atoms with Crippen LogP contribution in [0, 0.1) is 12.8 Å². The smallest absolute Gasteiger partial charge is 0.230 e. The van der Waals surface area contributed by atoms with Crippen molar-refractivity contribution in [3.05, 3.63) is 35.4 Å².